The third kappa shape index (κ3) is 7.37. The molecule has 2 saturated carbocycles. The van der Waals surface area contributed by atoms with Crippen LogP contribution in [0.1, 0.15) is 59.2 Å². The van der Waals surface area contributed by atoms with Crippen molar-refractivity contribution in [3.05, 3.63) is 58.6 Å². The number of carboxylic acid groups (broad SMARTS) is 1. The van der Waals surface area contributed by atoms with E-state index in [1.54, 1.807) is 42.5 Å². The lowest BCUT2D eigenvalue weighted by Crippen LogP contribution is -2.34. The first kappa shape index (κ1) is 25.8. The van der Waals surface area contributed by atoms with E-state index in [4.69, 9.17) is 26.2 Å². The molecule has 0 aliphatic heterocycles. The van der Waals surface area contributed by atoms with Crippen LogP contribution in [0.2, 0.25) is 5.02 Å². The zero-order valence-electron chi connectivity index (χ0n) is 20.0. The summed E-state index contributed by atoms with van der Waals surface area (Å²) in [6.07, 6.45) is 5.00. The van der Waals surface area contributed by atoms with E-state index in [1.807, 2.05) is 0 Å². The van der Waals surface area contributed by atoms with Crippen LogP contribution in [0.4, 0.5) is 0 Å². The number of carbonyl (C=O) groups is 3. The van der Waals surface area contributed by atoms with E-state index in [0.29, 0.717) is 65.9 Å². The average Bonchev–Trinajstić information content (AvgIpc) is 3.71. The SMILES string of the molecule is O=C(NCCNC(=O)c1ccc(OCC2CC2)c(Cl)c1)c1ccc(O[C@H]2CC[C@@H](C(=O)O)CC2)cc1. The first-order valence-electron chi connectivity index (χ1n) is 12.4. The number of rotatable bonds is 11. The molecule has 36 heavy (non-hydrogen) atoms. The monoisotopic (exact) mass is 514 g/mol. The van der Waals surface area contributed by atoms with Gasteiger partial charge in [-0.1, -0.05) is 11.6 Å². The molecule has 9 heteroatoms. The Morgan fingerprint density at radius 1 is 0.861 bits per heavy atom. The van der Waals surface area contributed by atoms with Crippen molar-refractivity contribution in [3.8, 4) is 11.5 Å². The summed E-state index contributed by atoms with van der Waals surface area (Å²) in [5.41, 5.74) is 0.911. The molecule has 2 aliphatic carbocycles. The Labute approximate surface area is 215 Å². The summed E-state index contributed by atoms with van der Waals surface area (Å²) in [6, 6.07) is 11.8. The molecule has 0 spiro atoms. The van der Waals surface area contributed by atoms with Gasteiger partial charge in [-0.2, -0.15) is 0 Å². The molecule has 4 rings (SSSR count). The summed E-state index contributed by atoms with van der Waals surface area (Å²) in [5, 5.41) is 15.0. The van der Waals surface area contributed by atoms with E-state index in [0.717, 1.165) is 0 Å². The molecule has 192 valence electrons. The van der Waals surface area contributed by atoms with Crippen molar-refractivity contribution in [2.75, 3.05) is 19.7 Å². The number of benzene rings is 2. The highest BCUT2D eigenvalue weighted by Crippen LogP contribution is 2.32. The topological polar surface area (TPSA) is 114 Å². The highest BCUT2D eigenvalue weighted by molar-refractivity contribution is 6.32. The van der Waals surface area contributed by atoms with E-state index in [2.05, 4.69) is 10.6 Å². The first-order chi connectivity index (χ1) is 17.4. The largest absolute Gasteiger partial charge is 0.492 e. The Morgan fingerprint density at radius 3 is 2.06 bits per heavy atom. The number of halogens is 1. The van der Waals surface area contributed by atoms with Crippen LogP contribution in [-0.4, -0.2) is 48.7 Å². The van der Waals surface area contributed by atoms with Gasteiger partial charge < -0.3 is 25.2 Å². The normalized spacial score (nSPS) is 19.2. The van der Waals surface area contributed by atoms with Crippen molar-refractivity contribution in [1.29, 1.82) is 0 Å². The van der Waals surface area contributed by atoms with Crippen LogP contribution in [0.15, 0.2) is 42.5 Å². The molecule has 0 radical (unpaired) electrons. The third-order valence-electron chi connectivity index (χ3n) is 6.50. The molecule has 0 heterocycles. The van der Waals surface area contributed by atoms with Gasteiger partial charge in [0.2, 0.25) is 0 Å². The lowest BCUT2D eigenvalue weighted by Gasteiger charge is -2.26. The number of hydrogen-bond donors (Lipinski definition) is 3. The van der Waals surface area contributed by atoms with Gasteiger partial charge in [0.15, 0.2) is 0 Å². The fraction of sp³-hybridized carbons (Fsp3) is 0.444. The van der Waals surface area contributed by atoms with Gasteiger partial charge in [0.1, 0.15) is 11.5 Å². The summed E-state index contributed by atoms with van der Waals surface area (Å²) in [4.78, 5) is 35.9. The molecule has 0 bridgehead atoms. The number of ether oxygens (including phenoxy) is 2. The molecule has 0 unspecified atom stereocenters. The minimum atomic E-state index is -0.740. The number of aliphatic carboxylic acids is 1. The second-order valence-electron chi connectivity index (χ2n) is 9.37. The second kappa shape index (κ2) is 12.1. The van der Waals surface area contributed by atoms with E-state index in [1.165, 1.54) is 12.8 Å². The van der Waals surface area contributed by atoms with Gasteiger partial charge in [0.25, 0.3) is 11.8 Å². The highest BCUT2D eigenvalue weighted by atomic mass is 35.5. The maximum Gasteiger partial charge on any atom is 0.306 e. The van der Waals surface area contributed by atoms with Gasteiger partial charge in [0, 0.05) is 24.2 Å². The molecular formula is C27H31ClN2O6. The molecule has 8 nitrogen and oxygen atoms in total. The highest BCUT2D eigenvalue weighted by Gasteiger charge is 2.27. The van der Waals surface area contributed by atoms with Crippen LogP contribution in [-0.2, 0) is 4.79 Å². The molecule has 2 aromatic rings. The summed E-state index contributed by atoms with van der Waals surface area (Å²) < 4.78 is 11.6. The van der Waals surface area contributed by atoms with Gasteiger partial charge >= 0.3 is 5.97 Å². The summed E-state index contributed by atoms with van der Waals surface area (Å²) in [7, 11) is 0. The first-order valence-corrected chi connectivity index (χ1v) is 12.7. The predicted molar refractivity (Wildman–Crippen MR) is 135 cm³/mol. The Morgan fingerprint density at radius 2 is 1.47 bits per heavy atom. The van der Waals surface area contributed by atoms with E-state index in [-0.39, 0.29) is 36.9 Å². The minimum Gasteiger partial charge on any atom is -0.492 e. The van der Waals surface area contributed by atoms with Crippen molar-refractivity contribution in [2.24, 2.45) is 11.8 Å². The maximum absolute atomic E-state index is 12.4. The average molecular weight is 515 g/mol. The molecular weight excluding hydrogens is 484 g/mol. The number of carbonyl (C=O) groups excluding carboxylic acids is 2. The quantitative estimate of drug-likeness (QED) is 0.385. The Balaban J connectivity index is 1.16. The fourth-order valence-electron chi connectivity index (χ4n) is 4.11. The Kier molecular flexibility index (Phi) is 8.70. The summed E-state index contributed by atoms with van der Waals surface area (Å²) in [6.45, 7) is 1.19. The van der Waals surface area contributed by atoms with Gasteiger partial charge in [-0.15, -0.1) is 0 Å². The van der Waals surface area contributed by atoms with Crippen LogP contribution in [0.25, 0.3) is 0 Å². The van der Waals surface area contributed by atoms with Crippen molar-refractivity contribution in [1.82, 2.24) is 10.6 Å². The second-order valence-corrected chi connectivity index (χ2v) is 9.77. The van der Waals surface area contributed by atoms with E-state index < -0.39 is 5.97 Å². The molecule has 2 amide bonds. The van der Waals surface area contributed by atoms with Crippen molar-refractivity contribution < 1.29 is 29.0 Å². The standard InChI is InChI=1S/C27H31ClN2O6/c28-23-15-20(7-12-24(23)35-16-17-1-2-17)26(32)30-14-13-29-25(31)18-3-8-21(9-4-18)36-22-10-5-19(6-11-22)27(33)34/h3-4,7-9,12,15,17,19,22H,1-2,5-6,10-11,13-14,16H2,(H,29,31)(H,30,32)(H,33,34)/t19-,22+. The van der Waals surface area contributed by atoms with Crippen molar-refractivity contribution >= 4 is 29.4 Å². The van der Waals surface area contributed by atoms with Gasteiger partial charge in [-0.05, 0) is 86.9 Å². The number of carboxylic acids is 1. The number of nitrogens with one attached hydrogen (secondary N) is 2. The van der Waals surface area contributed by atoms with Crippen molar-refractivity contribution in [3.63, 3.8) is 0 Å². The molecule has 2 aliphatic rings. The summed E-state index contributed by atoms with van der Waals surface area (Å²) >= 11 is 6.24. The molecule has 3 N–H and O–H groups in total. The minimum absolute atomic E-state index is 0.00904. The molecule has 2 aromatic carbocycles. The van der Waals surface area contributed by atoms with Gasteiger partial charge in [-0.25, -0.2) is 0 Å². The fourth-order valence-corrected chi connectivity index (χ4v) is 4.35. The number of hydrogen-bond acceptors (Lipinski definition) is 5. The van der Waals surface area contributed by atoms with Gasteiger partial charge in [-0.3, -0.25) is 14.4 Å². The zero-order chi connectivity index (χ0) is 25.5. The van der Waals surface area contributed by atoms with E-state index in [9.17, 15) is 14.4 Å². The van der Waals surface area contributed by atoms with E-state index >= 15 is 0 Å². The summed E-state index contributed by atoms with van der Waals surface area (Å²) in [5.74, 6) is 0.292. The van der Waals surface area contributed by atoms with Crippen molar-refractivity contribution in [2.45, 2.75) is 44.6 Å². The van der Waals surface area contributed by atoms with Crippen LogP contribution in [0.3, 0.4) is 0 Å². The van der Waals surface area contributed by atoms with Crippen LogP contribution in [0.5, 0.6) is 11.5 Å². The van der Waals surface area contributed by atoms with Crippen LogP contribution >= 0.6 is 11.6 Å². The third-order valence-corrected chi connectivity index (χ3v) is 6.80. The predicted octanol–water partition coefficient (Wildman–Crippen LogP) is 4.31. The maximum atomic E-state index is 12.4. The smallest absolute Gasteiger partial charge is 0.306 e. The lowest BCUT2D eigenvalue weighted by molar-refractivity contribution is -0.143. The van der Waals surface area contributed by atoms with Crippen LogP contribution < -0.4 is 20.1 Å². The lowest BCUT2D eigenvalue weighted by atomic mass is 9.87. The molecule has 0 saturated heterocycles. The zero-order valence-corrected chi connectivity index (χ0v) is 20.8. The van der Waals surface area contributed by atoms with Gasteiger partial charge in [0.05, 0.1) is 23.7 Å². The Hall–Kier alpha value is -3.26. The van der Waals surface area contributed by atoms with Crippen LogP contribution in [0, 0.1) is 11.8 Å². The molecule has 0 aromatic heterocycles. The Bertz CT molecular complexity index is 1080. The number of amides is 2. The molecule has 0 atom stereocenters. The molecule has 2 fully saturated rings.